The van der Waals surface area contributed by atoms with E-state index in [-0.39, 0.29) is 0 Å². The first-order chi connectivity index (χ1) is 7.01. The Bertz CT molecular complexity index is 468. The molecule has 0 fully saturated rings. The molecule has 0 heterocycles. The molecule has 0 atom stereocenters. The number of nitriles is 1. The lowest BCUT2D eigenvalue weighted by atomic mass is 10.1. The summed E-state index contributed by atoms with van der Waals surface area (Å²) in [5.41, 5.74) is 1.77. The number of hydrogen-bond donors (Lipinski definition) is 0. The van der Waals surface area contributed by atoms with E-state index < -0.39 is 9.73 Å². The van der Waals surface area contributed by atoms with E-state index in [1.807, 2.05) is 12.1 Å². The molecule has 0 aliphatic rings. The normalized spacial score (nSPS) is 10.7. The second-order valence-electron chi connectivity index (χ2n) is 3.59. The van der Waals surface area contributed by atoms with E-state index in [4.69, 9.17) is 5.26 Å². The molecule has 0 spiro atoms. The van der Waals surface area contributed by atoms with E-state index in [1.54, 1.807) is 24.6 Å². The Labute approximate surface area is 90.9 Å². The lowest BCUT2D eigenvalue weighted by molar-refractivity contribution is 0.682. The topological polar surface area (TPSA) is 53.2 Å². The van der Waals surface area contributed by atoms with Gasteiger partial charge in [0.2, 0.25) is 0 Å². The highest BCUT2D eigenvalue weighted by atomic mass is 32.2. The molecule has 0 amide bonds. The molecule has 0 aromatic heterocycles. The van der Waals surface area contributed by atoms with Gasteiger partial charge in [-0.05, 0) is 24.1 Å². The van der Waals surface area contributed by atoms with Crippen LogP contribution in [0.1, 0.15) is 11.1 Å². The van der Waals surface area contributed by atoms with E-state index >= 15 is 0 Å². The molecule has 80 valence electrons. The summed E-state index contributed by atoms with van der Waals surface area (Å²) in [6.45, 7) is 0.567. The van der Waals surface area contributed by atoms with Crippen LogP contribution in [0.25, 0.3) is 0 Å². The van der Waals surface area contributed by atoms with Gasteiger partial charge < -0.3 is 0 Å². The number of nitrogens with zero attached hydrogens (tertiary/aromatic N) is 2. The molecule has 1 rings (SSSR count). The summed E-state index contributed by atoms with van der Waals surface area (Å²) in [5, 5.41) is 8.60. The molecule has 0 aliphatic heterocycles. The van der Waals surface area contributed by atoms with Gasteiger partial charge in [0.05, 0.1) is 18.2 Å². The van der Waals surface area contributed by atoms with Crippen molar-refractivity contribution in [3.63, 3.8) is 0 Å². The molecule has 0 radical (unpaired) electrons. The summed E-state index contributed by atoms with van der Waals surface area (Å²) in [6.07, 6.45) is 4.03. The van der Waals surface area contributed by atoms with E-state index in [0.29, 0.717) is 12.1 Å². The molecule has 4 heteroatoms. The van der Waals surface area contributed by atoms with Crippen LogP contribution in [0.5, 0.6) is 0 Å². The summed E-state index contributed by atoms with van der Waals surface area (Å²) in [4.78, 5) is 0. The molecular formula is C11H14N2OS. The van der Waals surface area contributed by atoms with Crippen molar-refractivity contribution < 1.29 is 4.21 Å². The molecule has 0 N–H and O–H groups in total. The molecule has 0 saturated heterocycles. The zero-order valence-electron chi connectivity index (χ0n) is 8.93. The van der Waals surface area contributed by atoms with Gasteiger partial charge in [0, 0.05) is 22.2 Å². The molecule has 3 nitrogen and oxygen atoms in total. The lowest BCUT2D eigenvalue weighted by Gasteiger charge is -1.99. The van der Waals surface area contributed by atoms with Crippen molar-refractivity contribution in [2.75, 3.05) is 19.1 Å². The van der Waals surface area contributed by atoms with Crippen molar-refractivity contribution in [1.82, 2.24) is 0 Å². The predicted octanol–water partition coefficient (Wildman–Crippen LogP) is 1.83. The Kier molecular flexibility index (Phi) is 3.87. The Balaban J connectivity index is 2.60. The largest absolute Gasteiger partial charge is 0.250 e. The first kappa shape index (κ1) is 11.7. The van der Waals surface area contributed by atoms with Crippen molar-refractivity contribution in [2.45, 2.75) is 6.42 Å². The molecule has 1 aromatic rings. The van der Waals surface area contributed by atoms with E-state index in [2.05, 4.69) is 10.4 Å². The third-order valence-electron chi connectivity index (χ3n) is 1.89. The highest BCUT2D eigenvalue weighted by Gasteiger charge is 1.94. The van der Waals surface area contributed by atoms with E-state index in [0.717, 1.165) is 12.0 Å². The van der Waals surface area contributed by atoms with Crippen LogP contribution in [0.15, 0.2) is 28.6 Å². The summed E-state index contributed by atoms with van der Waals surface area (Å²) < 4.78 is 15.3. The predicted molar refractivity (Wildman–Crippen MR) is 62.1 cm³/mol. The smallest absolute Gasteiger partial charge is 0.0991 e. The lowest BCUT2D eigenvalue weighted by Crippen LogP contribution is -1.96. The van der Waals surface area contributed by atoms with E-state index in [9.17, 15) is 4.21 Å². The summed E-state index contributed by atoms with van der Waals surface area (Å²) >= 11 is 0. The molecule has 0 aliphatic carbocycles. The number of benzene rings is 1. The minimum atomic E-state index is -1.98. The Morgan fingerprint density at radius 1 is 1.33 bits per heavy atom. The maximum atomic E-state index is 11.3. The molecule has 0 unspecified atom stereocenters. The van der Waals surface area contributed by atoms with Gasteiger partial charge in [-0.3, -0.25) is 4.21 Å². The Morgan fingerprint density at radius 2 is 1.93 bits per heavy atom. The quantitative estimate of drug-likeness (QED) is 0.783. The third kappa shape index (κ3) is 4.61. The standard InChI is InChI=1S/C11H14N2OS/c1-15(2,14)13-8-7-10-3-5-11(9-12)6-4-10/h3-6H,7-8H2,1-2H3. The van der Waals surface area contributed by atoms with Crippen LogP contribution in [0.3, 0.4) is 0 Å². The summed E-state index contributed by atoms with van der Waals surface area (Å²) in [6, 6.07) is 9.44. The van der Waals surface area contributed by atoms with Crippen LogP contribution in [0, 0.1) is 11.3 Å². The Hall–Kier alpha value is -1.34. The van der Waals surface area contributed by atoms with Gasteiger partial charge in [-0.15, -0.1) is 0 Å². The first-order valence-corrected chi connectivity index (χ1v) is 6.96. The van der Waals surface area contributed by atoms with Crippen LogP contribution < -0.4 is 0 Å². The summed E-state index contributed by atoms with van der Waals surface area (Å²) in [7, 11) is -1.98. The fourth-order valence-electron chi connectivity index (χ4n) is 1.14. The monoisotopic (exact) mass is 222 g/mol. The fraction of sp³-hybridized carbons (Fsp3) is 0.364. The van der Waals surface area contributed by atoms with Gasteiger partial charge in [-0.25, -0.2) is 4.36 Å². The van der Waals surface area contributed by atoms with Crippen molar-refractivity contribution in [3.05, 3.63) is 35.4 Å². The van der Waals surface area contributed by atoms with Crippen molar-refractivity contribution in [1.29, 1.82) is 5.26 Å². The maximum absolute atomic E-state index is 11.3. The van der Waals surface area contributed by atoms with E-state index in [1.165, 1.54) is 0 Å². The second-order valence-corrected chi connectivity index (χ2v) is 6.21. The average Bonchev–Trinajstić information content (AvgIpc) is 2.17. The van der Waals surface area contributed by atoms with Gasteiger partial charge in [-0.1, -0.05) is 12.1 Å². The SMILES string of the molecule is CS(C)(=O)=NCCc1ccc(C#N)cc1. The molecular weight excluding hydrogens is 208 g/mol. The molecule has 15 heavy (non-hydrogen) atoms. The molecule has 0 bridgehead atoms. The van der Waals surface area contributed by atoms with Gasteiger partial charge in [0.15, 0.2) is 0 Å². The molecule has 1 aromatic carbocycles. The minimum Gasteiger partial charge on any atom is -0.250 e. The highest BCUT2D eigenvalue weighted by Crippen LogP contribution is 2.04. The van der Waals surface area contributed by atoms with Crippen molar-refractivity contribution in [2.24, 2.45) is 4.36 Å². The van der Waals surface area contributed by atoms with Crippen LogP contribution in [0.2, 0.25) is 0 Å². The van der Waals surface area contributed by atoms with Crippen LogP contribution in [-0.4, -0.2) is 23.3 Å². The fourth-order valence-corrected chi connectivity index (χ4v) is 1.67. The first-order valence-electron chi connectivity index (χ1n) is 4.63. The van der Waals surface area contributed by atoms with Crippen LogP contribution >= 0.6 is 0 Å². The van der Waals surface area contributed by atoms with Crippen molar-refractivity contribution in [3.8, 4) is 6.07 Å². The number of rotatable bonds is 3. The van der Waals surface area contributed by atoms with Gasteiger partial charge in [0.1, 0.15) is 0 Å². The number of hydrogen-bond acceptors (Lipinski definition) is 3. The van der Waals surface area contributed by atoms with Crippen LogP contribution in [-0.2, 0) is 16.1 Å². The minimum absolute atomic E-state index is 0.567. The highest BCUT2D eigenvalue weighted by molar-refractivity contribution is 7.92. The van der Waals surface area contributed by atoms with Crippen molar-refractivity contribution >= 4 is 9.73 Å². The summed E-state index contributed by atoms with van der Waals surface area (Å²) in [5.74, 6) is 0. The zero-order valence-corrected chi connectivity index (χ0v) is 9.75. The maximum Gasteiger partial charge on any atom is 0.0991 e. The van der Waals surface area contributed by atoms with Gasteiger partial charge >= 0.3 is 0 Å². The molecule has 0 saturated carbocycles. The van der Waals surface area contributed by atoms with Gasteiger partial charge in [-0.2, -0.15) is 5.26 Å². The van der Waals surface area contributed by atoms with Crippen LogP contribution in [0.4, 0.5) is 0 Å². The zero-order chi connectivity index (χ0) is 11.3. The van der Waals surface area contributed by atoms with Gasteiger partial charge in [0.25, 0.3) is 0 Å². The Morgan fingerprint density at radius 3 is 2.40 bits per heavy atom. The second kappa shape index (κ2) is 4.94. The average molecular weight is 222 g/mol. The third-order valence-corrected chi connectivity index (χ3v) is 2.69.